The van der Waals surface area contributed by atoms with Crippen LogP contribution in [0, 0.1) is 0 Å². The number of nitrogens with zero attached hydrogens (tertiary/aromatic N) is 3. The Morgan fingerprint density at radius 3 is 2.50 bits per heavy atom. The molecule has 0 radical (unpaired) electrons. The van der Waals surface area contributed by atoms with Gasteiger partial charge in [0.25, 0.3) is 5.91 Å². The minimum atomic E-state index is -0.0911. The zero-order valence-electron chi connectivity index (χ0n) is 13.5. The van der Waals surface area contributed by atoms with Gasteiger partial charge in [0.15, 0.2) is 11.0 Å². The predicted octanol–water partition coefficient (Wildman–Crippen LogP) is 3.07. The van der Waals surface area contributed by atoms with Crippen molar-refractivity contribution in [2.75, 3.05) is 6.26 Å². The third-order valence-electron chi connectivity index (χ3n) is 3.54. The topological polar surface area (TPSA) is 59.8 Å². The first-order valence-corrected chi connectivity index (χ1v) is 8.63. The van der Waals surface area contributed by atoms with Crippen molar-refractivity contribution >= 4 is 17.7 Å². The summed E-state index contributed by atoms with van der Waals surface area (Å²) >= 11 is 1.55. The summed E-state index contributed by atoms with van der Waals surface area (Å²) in [5.74, 6) is 1.15. The average molecular weight is 318 g/mol. The summed E-state index contributed by atoms with van der Waals surface area (Å²) in [6, 6.07) is 7.73. The fourth-order valence-corrected chi connectivity index (χ4v) is 2.78. The summed E-state index contributed by atoms with van der Waals surface area (Å²) in [6.07, 6.45) is 1.97. The van der Waals surface area contributed by atoms with E-state index in [-0.39, 0.29) is 5.91 Å². The summed E-state index contributed by atoms with van der Waals surface area (Å²) in [7, 11) is 0. The van der Waals surface area contributed by atoms with Crippen molar-refractivity contribution in [3.8, 4) is 0 Å². The number of thioether (sulfide) groups is 1. The van der Waals surface area contributed by atoms with E-state index in [9.17, 15) is 4.79 Å². The van der Waals surface area contributed by atoms with Gasteiger partial charge >= 0.3 is 0 Å². The van der Waals surface area contributed by atoms with E-state index in [1.54, 1.807) is 11.8 Å². The van der Waals surface area contributed by atoms with Crippen LogP contribution in [0.2, 0.25) is 0 Å². The molecule has 1 N–H and O–H groups in total. The van der Waals surface area contributed by atoms with Crippen molar-refractivity contribution in [1.82, 2.24) is 20.1 Å². The van der Waals surface area contributed by atoms with Crippen molar-refractivity contribution in [2.45, 2.75) is 44.9 Å². The summed E-state index contributed by atoms with van der Waals surface area (Å²) < 4.78 is 2.01. The molecule has 0 aliphatic heterocycles. The van der Waals surface area contributed by atoms with E-state index in [0.29, 0.717) is 18.0 Å². The Labute approximate surface area is 135 Å². The first kappa shape index (κ1) is 16.5. The summed E-state index contributed by atoms with van der Waals surface area (Å²) in [6.45, 7) is 7.48. The lowest BCUT2D eigenvalue weighted by molar-refractivity contribution is 0.0949. The van der Waals surface area contributed by atoms with Crippen LogP contribution in [0.4, 0.5) is 0 Å². The van der Waals surface area contributed by atoms with Crippen LogP contribution >= 0.6 is 11.8 Å². The van der Waals surface area contributed by atoms with Crippen LogP contribution in [0.1, 0.15) is 48.4 Å². The lowest BCUT2D eigenvalue weighted by Gasteiger charge is -2.09. The molecule has 1 amide bonds. The quantitative estimate of drug-likeness (QED) is 0.832. The van der Waals surface area contributed by atoms with Gasteiger partial charge in [0, 0.05) is 12.1 Å². The van der Waals surface area contributed by atoms with Crippen LogP contribution in [0.15, 0.2) is 29.4 Å². The van der Waals surface area contributed by atoms with Crippen molar-refractivity contribution in [3.05, 3.63) is 41.2 Å². The molecule has 0 unspecified atom stereocenters. The van der Waals surface area contributed by atoms with Crippen molar-refractivity contribution in [2.24, 2.45) is 0 Å². The summed E-state index contributed by atoms with van der Waals surface area (Å²) in [4.78, 5) is 12.2. The molecule has 22 heavy (non-hydrogen) atoms. The Kier molecular flexibility index (Phi) is 5.60. The number of hydrogen-bond donors (Lipinski definition) is 1. The van der Waals surface area contributed by atoms with E-state index in [1.165, 1.54) is 5.56 Å². The summed E-state index contributed by atoms with van der Waals surface area (Å²) in [5.41, 5.74) is 1.89. The lowest BCUT2D eigenvalue weighted by atomic mass is 10.0. The van der Waals surface area contributed by atoms with E-state index < -0.39 is 0 Å². The largest absolute Gasteiger partial charge is 0.345 e. The molecular formula is C16H22N4OS. The molecule has 0 spiro atoms. The van der Waals surface area contributed by atoms with E-state index in [2.05, 4.69) is 29.4 Å². The Morgan fingerprint density at radius 1 is 1.27 bits per heavy atom. The van der Waals surface area contributed by atoms with Crippen molar-refractivity contribution < 1.29 is 4.79 Å². The normalized spacial score (nSPS) is 11.0. The van der Waals surface area contributed by atoms with Crippen LogP contribution in [0.3, 0.4) is 0 Å². The molecule has 1 aromatic carbocycles. The van der Waals surface area contributed by atoms with Gasteiger partial charge in [0.05, 0.1) is 6.54 Å². The van der Waals surface area contributed by atoms with E-state index in [1.807, 2.05) is 42.0 Å². The second-order valence-corrected chi connectivity index (χ2v) is 6.08. The van der Waals surface area contributed by atoms with Gasteiger partial charge in [0.1, 0.15) is 0 Å². The number of hydrogen-bond acceptors (Lipinski definition) is 4. The highest BCUT2D eigenvalue weighted by atomic mass is 32.2. The van der Waals surface area contributed by atoms with Gasteiger partial charge in [-0.25, -0.2) is 0 Å². The first-order valence-electron chi connectivity index (χ1n) is 7.41. The maximum absolute atomic E-state index is 12.2. The number of rotatable bonds is 6. The van der Waals surface area contributed by atoms with E-state index in [4.69, 9.17) is 0 Å². The van der Waals surface area contributed by atoms with Gasteiger partial charge < -0.3 is 9.88 Å². The maximum atomic E-state index is 12.2. The Bertz CT molecular complexity index is 634. The van der Waals surface area contributed by atoms with Crippen molar-refractivity contribution in [3.63, 3.8) is 0 Å². The smallest absolute Gasteiger partial charge is 0.251 e. The van der Waals surface area contributed by atoms with Gasteiger partial charge in [-0.05, 0) is 36.8 Å². The average Bonchev–Trinajstić information content (AvgIpc) is 2.94. The first-order chi connectivity index (χ1) is 10.6. The standard InChI is InChI=1S/C16H22N4OS/c1-5-20-14(18-19-16(20)22-4)10-17-15(21)13-8-6-12(7-9-13)11(2)3/h6-9,11H,5,10H2,1-4H3,(H,17,21). The van der Waals surface area contributed by atoms with Gasteiger partial charge in [-0.3, -0.25) is 4.79 Å². The third-order valence-corrected chi connectivity index (χ3v) is 4.21. The monoisotopic (exact) mass is 318 g/mol. The highest BCUT2D eigenvalue weighted by Gasteiger charge is 2.12. The number of carbonyl (C=O) groups is 1. The molecule has 2 aromatic rings. The highest BCUT2D eigenvalue weighted by molar-refractivity contribution is 7.98. The van der Waals surface area contributed by atoms with Gasteiger partial charge in [0.2, 0.25) is 0 Å². The molecule has 5 nitrogen and oxygen atoms in total. The molecule has 0 atom stereocenters. The molecule has 0 fully saturated rings. The molecule has 1 heterocycles. The van der Waals surface area contributed by atoms with Gasteiger partial charge in [-0.15, -0.1) is 10.2 Å². The molecule has 0 aliphatic carbocycles. The molecule has 1 aromatic heterocycles. The predicted molar refractivity (Wildman–Crippen MR) is 89.2 cm³/mol. The second-order valence-electron chi connectivity index (χ2n) is 5.31. The van der Waals surface area contributed by atoms with Crippen LogP contribution in [0.5, 0.6) is 0 Å². The van der Waals surface area contributed by atoms with Crippen LogP contribution in [-0.4, -0.2) is 26.9 Å². The fraction of sp³-hybridized carbons (Fsp3) is 0.438. The second kappa shape index (κ2) is 7.45. The molecule has 0 saturated heterocycles. The number of nitrogens with one attached hydrogen (secondary N) is 1. The number of amides is 1. The Balaban J connectivity index is 2.02. The fourth-order valence-electron chi connectivity index (χ4n) is 2.20. The maximum Gasteiger partial charge on any atom is 0.251 e. The van der Waals surface area contributed by atoms with Crippen LogP contribution in [0.25, 0.3) is 0 Å². The van der Waals surface area contributed by atoms with E-state index in [0.717, 1.165) is 17.5 Å². The van der Waals surface area contributed by atoms with Crippen LogP contribution in [-0.2, 0) is 13.1 Å². The number of carbonyl (C=O) groups excluding carboxylic acids is 1. The molecule has 6 heteroatoms. The zero-order chi connectivity index (χ0) is 16.1. The third kappa shape index (κ3) is 3.68. The molecule has 118 valence electrons. The Morgan fingerprint density at radius 2 is 1.95 bits per heavy atom. The van der Waals surface area contributed by atoms with Gasteiger partial charge in [-0.1, -0.05) is 37.7 Å². The van der Waals surface area contributed by atoms with E-state index >= 15 is 0 Å². The van der Waals surface area contributed by atoms with Crippen LogP contribution < -0.4 is 5.32 Å². The highest BCUT2D eigenvalue weighted by Crippen LogP contribution is 2.15. The molecular weight excluding hydrogens is 296 g/mol. The minimum absolute atomic E-state index is 0.0911. The van der Waals surface area contributed by atoms with Gasteiger partial charge in [-0.2, -0.15) is 0 Å². The van der Waals surface area contributed by atoms with Crippen molar-refractivity contribution in [1.29, 1.82) is 0 Å². The number of aromatic nitrogens is 3. The molecule has 0 aliphatic rings. The minimum Gasteiger partial charge on any atom is -0.345 e. The molecule has 2 rings (SSSR count). The summed E-state index contributed by atoms with van der Waals surface area (Å²) in [5, 5.41) is 12.0. The molecule has 0 saturated carbocycles. The lowest BCUT2D eigenvalue weighted by Crippen LogP contribution is -2.24. The Hall–Kier alpha value is -1.82. The zero-order valence-corrected chi connectivity index (χ0v) is 14.3. The SMILES string of the molecule is CCn1c(CNC(=O)c2ccc(C(C)C)cc2)nnc1SC. The molecule has 0 bridgehead atoms. The number of benzene rings is 1.